The number of amides is 1. The third-order valence-electron chi connectivity index (χ3n) is 3.06. The number of hydrogen-bond donors (Lipinski definition) is 1. The molecule has 0 rings (SSSR count). The molecule has 0 spiro atoms. The van der Waals surface area contributed by atoms with Crippen molar-refractivity contribution in [2.75, 3.05) is 66.1 Å². The van der Waals surface area contributed by atoms with Gasteiger partial charge in [0, 0.05) is 12.0 Å². The van der Waals surface area contributed by atoms with Gasteiger partial charge in [-0.05, 0) is 13.8 Å². The van der Waals surface area contributed by atoms with E-state index < -0.39 is 0 Å². The molecule has 8 nitrogen and oxygen atoms in total. The summed E-state index contributed by atoms with van der Waals surface area (Å²) in [6, 6.07) is 0.116. The first-order chi connectivity index (χ1) is 12.4. The fourth-order valence-electron chi connectivity index (χ4n) is 1.65. The Kier molecular flexibility index (Phi) is 16.7. The number of ether oxygens (including phenoxy) is 5. The molecule has 1 N–H and O–H groups in total. The maximum atomic E-state index is 11.3. The van der Waals surface area contributed by atoms with Gasteiger partial charge in [-0.15, -0.1) is 0 Å². The average molecular weight is 377 g/mol. The number of carbonyl (C=O) groups is 2. The first-order valence-electron chi connectivity index (χ1n) is 9.14. The van der Waals surface area contributed by atoms with Crippen molar-refractivity contribution in [1.29, 1.82) is 0 Å². The van der Waals surface area contributed by atoms with Crippen molar-refractivity contribution in [3.63, 3.8) is 0 Å². The van der Waals surface area contributed by atoms with Crippen LogP contribution in [0.15, 0.2) is 0 Å². The molecular weight excluding hydrogens is 342 g/mol. The van der Waals surface area contributed by atoms with Crippen molar-refractivity contribution in [2.45, 2.75) is 33.7 Å². The fraction of sp³-hybridized carbons (Fsp3) is 0.889. The molecule has 0 aliphatic carbocycles. The summed E-state index contributed by atoms with van der Waals surface area (Å²) in [6.07, 6.45) is 0. The molecule has 0 aliphatic heterocycles. The molecule has 0 aliphatic rings. The Morgan fingerprint density at radius 3 is 1.42 bits per heavy atom. The first kappa shape index (κ1) is 24.9. The SMILES string of the molecule is CC(C)NC(=O)COCCOCCOCCOCCOCC(=O)C(C)C. The minimum absolute atomic E-state index is 0.00229. The molecule has 1 amide bonds. The Balaban J connectivity index is 3.16. The zero-order valence-corrected chi connectivity index (χ0v) is 16.6. The molecular formula is C18H35NO7. The maximum absolute atomic E-state index is 11.3. The lowest BCUT2D eigenvalue weighted by atomic mass is 10.1. The normalized spacial score (nSPS) is 11.3. The van der Waals surface area contributed by atoms with Crippen LogP contribution < -0.4 is 5.32 Å². The predicted octanol–water partition coefficient (Wildman–Crippen LogP) is 0.819. The summed E-state index contributed by atoms with van der Waals surface area (Å²) >= 11 is 0. The highest BCUT2D eigenvalue weighted by atomic mass is 16.6. The van der Waals surface area contributed by atoms with Crippen molar-refractivity contribution >= 4 is 11.7 Å². The van der Waals surface area contributed by atoms with Crippen LogP contribution in [0.25, 0.3) is 0 Å². The summed E-state index contributed by atoms with van der Waals surface area (Å²) in [5.74, 6) is -0.0275. The van der Waals surface area contributed by atoms with Gasteiger partial charge in [-0.25, -0.2) is 0 Å². The van der Waals surface area contributed by atoms with Crippen LogP contribution in [0.1, 0.15) is 27.7 Å². The van der Waals surface area contributed by atoms with Gasteiger partial charge in [0.1, 0.15) is 13.2 Å². The van der Waals surface area contributed by atoms with Crippen LogP contribution in [0.3, 0.4) is 0 Å². The Bertz CT molecular complexity index is 361. The van der Waals surface area contributed by atoms with Crippen LogP contribution in [0.5, 0.6) is 0 Å². The molecule has 0 aromatic rings. The van der Waals surface area contributed by atoms with Crippen LogP contribution in [0, 0.1) is 5.92 Å². The van der Waals surface area contributed by atoms with E-state index in [-0.39, 0.29) is 36.9 Å². The fourth-order valence-corrected chi connectivity index (χ4v) is 1.65. The molecule has 0 bridgehead atoms. The molecule has 0 heterocycles. The number of carbonyl (C=O) groups excluding carboxylic acids is 2. The second kappa shape index (κ2) is 17.4. The van der Waals surface area contributed by atoms with Gasteiger partial charge in [-0.1, -0.05) is 13.8 Å². The molecule has 0 aromatic heterocycles. The minimum atomic E-state index is -0.125. The van der Waals surface area contributed by atoms with Crippen molar-refractivity contribution in [1.82, 2.24) is 5.32 Å². The lowest BCUT2D eigenvalue weighted by Gasteiger charge is -2.09. The summed E-state index contributed by atoms with van der Waals surface area (Å²) in [5.41, 5.74) is 0. The summed E-state index contributed by atoms with van der Waals surface area (Å²) in [7, 11) is 0. The van der Waals surface area contributed by atoms with Crippen molar-refractivity contribution < 1.29 is 33.3 Å². The molecule has 0 aromatic carbocycles. The molecule has 0 saturated heterocycles. The zero-order valence-electron chi connectivity index (χ0n) is 16.6. The number of rotatable bonds is 18. The van der Waals surface area contributed by atoms with E-state index in [0.717, 1.165) is 0 Å². The molecule has 0 unspecified atom stereocenters. The van der Waals surface area contributed by atoms with Crippen molar-refractivity contribution in [3.8, 4) is 0 Å². The van der Waals surface area contributed by atoms with E-state index in [0.29, 0.717) is 52.9 Å². The van der Waals surface area contributed by atoms with Gasteiger partial charge in [0.2, 0.25) is 5.91 Å². The monoisotopic (exact) mass is 377 g/mol. The summed E-state index contributed by atoms with van der Waals surface area (Å²) < 4.78 is 26.4. The largest absolute Gasteiger partial charge is 0.377 e. The molecule has 0 radical (unpaired) electrons. The van der Waals surface area contributed by atoms with E-state index in [9.17, 15) is 9.59 Å². The van der Waals surface area contributed by atoms with Gasteiger partial charge in [0.25, 0.3) is 0 Å². The van der Waals surface area contributed by atoms with Gasteiger partial charge in [0.05, 0.1) is 52.9 Å². The minimum Gasteiger partial charge on any atom is -0.377 e. The number of hydrogen-bond acceptors (Lipinski definition) is 7. The molecule has 8 heteroatoms. The van der Waals surface area contributed by atoms with Crippen molar-refractivity contribution in [2.24, 2.45) is 5.92 Å². The molecule has 26 heavy (non-hydrogen) atoms. The third-order valence-corrected chi connectivity index (χ3v) is 3.06. The molecule has 154 valence electrons. The van der Waals surface area contributed by atoms with Crippen LogP contribution in [-0.4, -0.2) is 83.8 Å². The summed E-state index contributed by atoms with van der Waals surface area (Å²) in [4.78, 5) is 22.6. The van der Waals surface area contributed by atoms with Gasteiger partial charge in [-0.2, -0.15) is 0 Å². The highest BCUT2D eigenvalue weighted by molar-refractivity contribution is 5.81. The lowest BCUT2D eigenvalue weighted by Crippen LogP contribution is -2.33. The topological polar surface area (TPSA) is 92.3 Å². The highest BCUT2D eigenvalue weighted by Gasteiger charge is 2.06. The first-order valence-corrected chi connectivity index (χ1v) is 9.14. The second-order valence-electron chi connectivity index (χ2n) is 6.29. The Labute approximate surface area is 156 Å². The number of nitrogens with one attached hydrogen (secondary N) is 1. The van der Waals surface area contributed by atoms with Gasteiger partial charge >= 0.3 is 0 Å². The average Bonchev–Trinajstić information content (AvgIpc) is 2.57. The van der Waals surface area contributed by atoms with Gasteiger partial charge in [-0.3, -0.25) is 9.59 Å². The molecule has 0 fully saturated rings. The standard InChI is InChI=1S/C18H35NO7/c1-15(2)17(20)13-25-11-9-23-7-5-22-6-8-24-10-12-26-14-18(21)19-16(3)4/h15-16H,5-14H2,1-4H3,(H,19,21). The molecule has 0 saturated carbocycles. The van der Waals surface area contributed by atoms with Crippen LogP contribution >= 0.6 is 0 Å². The predicted molar refractivity (Wildman–Crippen MR) is 97.2 cm³/mol. The van der Waals surface area contributed by atoms with Crippen LogP contribution in [-0.2, 0) is 33.3 Å². The van der Waals surface area contributed by atoms with Gasteiger partial charge in [0.15, 0.2) is 5.78 Å². The van der Waals surface area contributed by atoms with Gasteiger partial charge < -0.3 is 29.0 Å². The van der Waals surface area contributed by atoms with E-state index in [1.807, 2.05) is 27.7 Å². The highest BCUT2D eigenvalue weighted by Crippen LogP contribution is 1.94. The van der Waals surface area contributed by atoms with Crippen LogP contribution in [0.4, 0.5) is 0 Å². The van der Waals surface area contributed by atoms with E-state index >= 15 is 0 Å². The quantitative estimate of drug-likeness (QED) is 0.354. The Hall–Kier alpha value is -1.06. The lowest BCUT2D eigenvalue weighted by molar-refractivity contribution is -0.127. The third kappa shape index (κ3) is 17.8. The smallest absolute Gasteiger partial charge is 0.246 e. The van der Waals surface area contributed by atoms with E-state index in [2.05, 4.69) is 5.32 Å². The summed E-state index contributed by atoms with van der Waals surface area (Å²) in [5, 5.41) is 2.74. The Morgan fingerprint density at radius 1 is 0.654 bits per heavy atom. The van der Waals surface area contributed by atoms with E-state index in [1.54, 1.807) is 0 Å². The zero-order chi connectivity index (χ0) is 19.6. The second-order valence-corrected chi connectivity index (χ2v) is 6.29. The van der Waals surface area contributed by atoms with Crippen molar-refractivity contribution in [3.05, 3.63) is 0 Å². The number of Topliss-reactive ketones (excluding diaryl/α,β-unsaturated/α-hetero) is 1. The summed E-state index contributed by atoms with van der Waals surface area (Å²) in [6.45, 7) is 11.2. The number of ketones is 1. The van der Waals surface area contributed by atoms with E-state index in [4.69, 9.17) is 23.7 Å². The van der Waals surface area contributed by atoms with E-state index in [1.165, 1.54) is 0 Å². The molecule has 0 atom stereocenters. The van der Waals surface area contributed by atoms with Crippen LogP contribution in [0.2, 0.25) is 0 Å². The Morgan fingerprint density at radius 2 is 1.04 bits per heavy atom. The maximum Gasteiger partial charge on any atom is 0.246 e.